The molecule has 0 unspecified atom stereocenters. The summed E-state index contributed by atoms with van der Waals surface area (Å²) in [6.07, 6.45) is 6.60. The summed E-state index contributed by atoms with van der Waals surface area (Å²) in [6.45, 7) is 4.73. The van der Waals surface area contributed by atoms with Gasteiger partial charge in [0.2, 0.25) is 5.95 Å². The Bertz CT molecular complexity index is 1130. The summed E-state index contributed by atoms with van der Waals surface area (Å²) in [5.41, 5.74) is 4.08. The number of halogens is 1. The lowest BCUT2D eigenvalue weighted by Gasteiger charge is -2.21. The van der Waals surface area contributed by atoms with Gasteiger partial charge in [-0.25, -0.2) is 0 Å². The first-order chi connectivity index (χ1) is 17.7. The lowest BCUT2D eigenvalue weighted by atomic mass is 10.2. The molecule has 3 aromatic rings. The van der Waals surface area contributed by atoms with Crippen molar-refractivity contribution >= 4 is 47.2 Å². The molecular weight excluding hydrogens is 492 g/mol. The SMILES string of the molecule is Clc1ccc(SCCOc2cccc(C=NNc3cc(N4CCCC4)nc(N4CCCC4)n3)c2)cc1. The van der Waals surface area contributed by atoms with Gasteiger partial charge in [0, 0.05) is 47.9 Å². The van der Waals surface area contributed by atoms with E-state index in [1.54, 1.807) is 18.0 Å². The number of hydrogen-bond acceptors (Lipinski definition) is 8. The molecule has 2 aliphatic rings. The van der Waals surface area contributed by atoms with E-state index in [1.165, 1.54) is 30.6 Å². The van der Waals surface area contributed by atoms with Gasteiger partial charge in [0.15, 0.2) is 5.82 Å². The number of nitrogens with zero attached hydrogens (tertiary/aromatic N) is 5. The Balaban J connectivity index is 1.18. The number of hydrogen-bond donors (Lipinski definition) is 1. The van der Waals surface area contributed by atoms with Gasteiger partial charge >= 0.3 is 0 Å². The van der Waals surface area contributed by atoms with Gasteiger partial charge in [0.1, 0.15) is 11.6 Å². The van der Waals surface area contributed by atoms with Crippen LogP contribution in [0, 0.1) is 0 Å². The molecule has 0 bridgehead atoms. The predicted molar refractivity (Wildman–Crippen MR) is 150 cm³/mol. The lowest BCUT2D eigenvalue weighted by molar-refractivity contribution is 0.344. The van der Waals surface area contributed by atoms with Gasteiger partial charge in [-0.1, -0.05) is 23.7 Å². The number of anilines is 3. The Morgan fingerprint density at radius 2 is 1.69 bits per heavy atom. The maximum absolute atomic E-state index is 5.95. The average molecular weight is 523 g/mol. The molecule has 188 valence electrons. The number of thioether (sulfide) groups is 1. The van der Waals surface area contributed by atoms with E-state index in [-0.39, 0.29) is 0 Å². The molecule has 7 nitrogen and oxygen atoms in total. The highest BCUT2D eigenvalue weighted by atomic mass is 35.5. The van der Waals surface area contributed by atoms with Crippen molar-refractivity contribution in [3.05, 3.63) is 65.2 Å². The molecule has 9 heteroatoms. The first-order valence-corrected chi connectivity index (χ1v) is 13.9. The number of rotatable bonds is 10. The Morgan fingerprint density at radius 3 is 2.47 bits per heavy atom. The monoisotopic (exact) mass is 522 g/mol. The summed E-state index contributed by atoms with van der Waals surface area (Å²) in [4.78, 5) is 15.4. The average Bonchev–Trinajstić information content (AvgIpc) is 3.63. The van der Waals surface area contributed by atoms with Gasteiger partial charge in [0.25, 0.3) is 0 Å². The molecule has 36 heavy (non-hydrogen) atoms. The van der Waals surface area contributed by atoms with Gasteiger partial charge in [0.05, 0.1) is 12.8 Å². The van der Waals surface area contributed by atoms with Crippen LogP contribution < -0.4 is 20.0 Å². The maximum atomic E-state index is 5.95. The van der Waals surface area contributed by atoms with E-state index in [4.69, 9.17) is 26.3 Å². The van der Waals surface area contributed by atoms with Crippen LogP contribution in [0.2, 0.25) is 5.02 Å². The van der Waals surface area contributed by atoms with Crippen molar-refractivity contribution in [3.63, 3.8) is 0 Å². The number of hydrazone groups is 1. The van der Waals surface area contributed by atoms with Crippen LogP contribution in [-0.2, 0) is 0 Å². The summed E-state index contributed by atoms with van der Waals surface area (Å²) in [5.74, 6) is 4.17. The Morgan fingerprint density at radius 1 is 0.944 bits per heavy atom. The molecule has 2 saturated heterocycles. The Hall–Kier alpha value is -2.97. The summed E-state index contributed by atoms with van der Waals surface area (Å²) in [5, 5.41) is 5.21. The second kappa shape index (κ2) is 12.3. The van der Waals surface area contributed by atoms with E-state index in [1.807, 2.05) is 54.6 Å². The van der Waals surface area contributed by atoms with E-state index in [9.17, 15) is 0 Å². The highest BCUT2D eigenvalue weighted by molar-refractivity contribution is 7.99. The molecule has 0 radical (unpaired) electrons. The van der Waals surface area contributed by atoms with Crippen LogP contribution in [0.4, 0.5) is 17.6 Å². The van der Waals surface area contributed by atoms with Gasteiger partial charge < -0.3 is 14.5 Å². The smallest absolute Gasteiger partial charge is 0.229 e. The van der Waals surface area contributed by atoms with Gasteiger partial charge in [-0.2, -0.15) is 15.1 Å². The minimum Gasteiger partial charge on any atom is -0.493 e. The third-order valence-electron chi connectivity index (χ3n) is 6.21. The molecule has 1 N–H and O–H groups in total. The van der Waals surface area contributed by atoms with Crippen molar-refractivity contribution in [2.24, 2.45) is 5.10 Å². The third kappa shape index (κ3) is 6.83. The van der Waals surface area contributed by atoms with E-state index in [0.29, 0.717) is 6.61 Å². The zero-order valence-electron chi connectivity index (χ0n) is 20.3. The molecule has 1 aromatic heterocycles. The molecule has 0 amide bonds. The van der Waals surface area contributed by atoms with Crippen molar-refractivity contribution in [2.45, 2.75) is 30.6 Å². The molecule has 0 saturated carbocycles. The van der Waals surface area contributed by atoms with Crippen molar-refractivity contribution in [1.82, 2.24) is 9.97 Å². The van der Waals surface area contributed by atoms with E-state index in [0.717, 1.165) is 65.9 Å². The lowest BCUT2D eigenvalue weighted by Crippen LogP contribution is -2.24. The van der Waals surface area contributed by atoms with Crippen molar-refractivity contribution in [2.75, 3.05) is 53.8 Å². The van der Waals surface area contributed by atoms with Gasteiger partial charge in [-0.05, 0) is 67.6 Å². The molecule has 0 atom stereocenters. The fraction of sp³-hybridized carbons (Fsp3) is 0.370. The molecule has 3 heterocycles. The highest BCUT2D eigenvalue weighted by Gasteiger charge is 2.20. The number of aromatic nitrogens is 2. The molecular formula is C27H31ClN6OS. The molecule has 2 aliphatic heterocycles. The fourth-order valence-corrected chi connectivity index (χ4v) is 5.21. The second-order valence-corrected chi connectivity index (χ2v) is 10.5. The standard InChI is InChI=1S/C27H31ClN6OS/c28-22-8-10-24(11-9-22)36-17-16-35-23-7-5-6-21(18-23)20-29-32-25-19-26(33-12-1-2-13-33)31-27(30-25)34-14-3-4-15-34/h5-11,18-20H,1-4,12-17H2,(H,30,31,32). The van der Waals surface area contributed by atoms with Crippen LogP contribution in [0.1, 0.15) is 31.2 Å². The summed E-state index contributed by atoms with van der Waals surface area (Å²) >= 11 is 7.69. The number of ether oxygens (including phenoxy) is 1. The summed E-state index contributed by atoms with van der Waals surface area (Å²) in [7, 11) is 0. The van der Waals surface area contributed by atoms with Crippen molar-refractivity contribution < 1.29 is 4.74 Å². The van der Waals surface area contributed by atoms with Crippen LogP contribution in [0.15, 0.2) is 64.6 Å². The zero-order chi connectivity index (χ0) is 24.6. The molecule has 2 fully saturated rings. The molecule has 2 aromatic carbocycles. The van der Waals surface area contributed by atoms with E-state index in [2.05, 4.69) is 20.3 Å². The molecule has 5 rings (SSSR count). The first-order valence-electron chi connectivity index (χ1n) is 12.5. The largest absolute Gasteiger partial charge is 0.493 e. The van der Waals surface area contributed by atoms with E-state index < -0.39 is 0 Å². The normalized spacial score (nSPS) is 15.7. The number of nitrogens with one attached hydrogen (secondary N) is 1. The minimum atomic E-state index is 0.617. The fourth-order valence-electron chi connectivity index (χ4n) is 4.35. The number of benzene rings is 2. The Kier molecular flexibility index (Phi) is 8.46. The summed E-state index contributed by atoms with van der Waals surface area (Å²) < 4.78 is 5.94. The minimum absolute atomic E-state index is 0.617. The quantitative estimate of drug-likeness (QED) is 0.153. The highest BCUT2D eigenvalue weighted by Crippen LogP contribution is 2.26. The topological polar surface area (TPSA) is 65.9 Å². The van der Waals surface area contributed by atoms with Crippen molar-refractivity contribution in [1.29, 1.82) is 0 Å². The van der Waals surface area contributed by atoms with Crippen LogP contribution in [0.3, 0.4) is 0 Å². The molecule has 0 spiro atoms. The summed E-state index contributed by atoms with van der Waals surface area (Å²) in [6, 6.07) is 17.8. The van der Waals surface area contributed by atoms with Crippen LogP contribution in [0.5, 0.6) is 5.75 Å². The second-order valence-electron chi connectivity index (χ2n) is 8.89. The van der Waals surface area contributed by atoms with Crippen LogP contribution >= 0.6 is 23.4 Å². The zero-order valence-corrected chi connectivity index (χ0v) is 21.8. The maximum Gasteiger partial charge on any atom is 0.229 e. The predicted octanol–water partition coefficient (Wildman–Crippen LogP) is 5.95. The van der Waals surface area contributed by atoms with Crippen LogP contribution in [0.25, 0.3) is 0 Å². The van der Waals surface area contributed by atoms with Crippen molar-refractivity contribution in [3.8, 4) is 5.75 Å². The molecule has 0 aliphatic carbocycles. The first kappa shape index (κ1) is 24.7. The van der Waals surface area contributed by atoms with Crippen LogP contribution in [-0.4, -0.2) is 54.7 Å². The van der Waals surface area contributed by atoms with Gasteiger partial charge in [-0.15, -0.1) is 11.8 Å². The van der Waals surface area contributed by atoms with Gasteiger partial charge in [-0.3, -0.25) is 5.43 Å². The van der Waals surface area contributed by atoms with E-state index >= 15 is 0 Å². The Labute approximate surface area is 221 Å². The third-order valence-corrected chi connectivity index (χ3v) is 7.43.